The summed E-state index contributed by atoms with van der Waals surface area (Å²) in [6.45, 7) is 2.45. The van der Waals surface area contributed by atoms with Crippen LogP contribution >= 0.6 is 12.2 Å². The molecule has 0 bridgehead atoms. The molecule has 120 valence electrons. The molecule has 0 aliphatic heterocycles. The molecule has 1 aliphatic carbocycles. The van der Waals surface area contributed by atoms with E-state index in [0.717, 1.165) is 18.7 Å². The van der Waals surface area contributed by atoms with Crippen LogP contribution in [0.4, 0.5) is 0 Å². The minimum Gasteiger partial charge on any atom is -0.350 e. The van der Waals surface area contributed by atoms with Crippen molar-refractivity contribution in [2.24, 2.45) is 0 Å². The van der Waals surface area contributed by atoms with E-state index in [1.165, 1.54) is 6.92 Å². The number of amides is 1. The van der Waals surface area contributed by atoms with E-state index in [1.54, 1.807) is 24.3 Å². The maximum atomic E-state index is 12.3. The zero-order valence-electron chi connectivity index (χ0n) is 12.8. The van der Waals surface area contributed by atoms with Gasteiger partial charge in [0.25, 0.3) is 5.91 Å². The third-order valence-electron chi connectivity index (χ3n) is 3.90. The number of aromatic nitrogens is 3. The summed E-state index contributed by atoms with van der Waals surface area (Å²) in [5, 5.41) is 9.92. The lowest BCUT2D eigenvalue weighted by atomic mass is 10.0. The molecular weight excluding hydrogens is 312 g/mol. The number of H-pyrrole nitrogens is 1. The van der Waals surface area contributed by atoms with Crippen molar-refractivity contribution in [1.29, 1.82) is 0 Å². The molecule has 2 aromatic rings. The Morgan fingerprint density at radius 3 is 2.70 bits per heavy atom. The lowest BCUT2D eigenvalue weighted by Crippen LogP contribution is -2.29. The fourth-order valence-corrected chi connectivity index (χ4v) is 2.79. The fraction of sp³-hybridized carbons (Fsp3) is 0.375. The van der Waals surface area contributed by atoms with Crippen molar-refractivity contribution < 1.29 is 9.59 Å². The lowest BCUT2D eigenvalue weighted by Gasteiger charge is -2.10. The number of carbonyl (C=O) groups is 2. The summed E-state index contributed by atoms with van der Waals surface area (Å²) in [4.78, 5) is 23.9. The maximum Gasteiger partial charge on any atom is 0.252 e. The number of ketones is 1. The average molecular weight is 330 g/mol. The number of aromatic amines is 1. The SMILES string of the molecule is CC(=O)c1ccccc1C(=O)NCCn1c(C2CC2)n[nH]c1=S. The summed E-state index contributed by atoms with van der Waals surface area (Å²) in [5.41, 5.74) is 0.835. The second-order valence-corrected chi connectivity index (χ2v) is 6.06. The molecule has 0 spiro atoms. The van der Waals surface area contributed by atoms with Crippen molar-refractivity contribution >= 4 is 23.9 Å². The highest BCUT2D eigenvalue weighted by Crippen LogP contribution is 2.38. The van der Waals surface area contributed by atoms with Gasteiger partial charge in [0.05, 0.1) is 5.56 Å². The van der Waals surface area contributed by atoms with E-state index in [2.05, 4.69) is 15.5 Å². The van der Waals surface area contributed by atoms with Gasteiger partial charge in [-0.15, -0.1) is 0 Å². The summed E-state index contributed by atoms with van der Waals surface area (Å²) in [7, 11) is 0. The van der Waals surface area contributed by atoms with Crippen LogP contribution < -0.4 is 5.32 Å². The number of hydrogen-bond donors (Lipinski definition) is 2. The van der Waals surface area contributed by atoms with Crippen LogP contribution in [0.25, 0.3) is 0 Å². The molecule has 1 aromatic heterocycles. The Bertz CT molecular complexity index is 804. The van der Waals surface area contributed by atoms with Crippen molar-refractivity contribution in [3.05, 3.63) is 46.0 Å². The molecule has 7 heteroatoms. The highest BCUT2D eigenvalue weighted by atomic mass is 32.1. The molecule has 23 heavy (non-hydrogen) atoms. The van der Waals surface area contributed by atoms with Crippen molar-refractivity contribution in [2.75, 3.05) is 6.54 Å². The molecular formula is C16H18N4O2S. The maximum absolute atomic E-state index is 12.3. The molecule has 2 N–H and O–H groups in total. The van der Waals surface area contributed by atoms with Gasteiger partial charge in [-0.05, 0) is 38.0 Å². The van der Waals surface area contributed by atoms with Crippen molar-refractivity contribution in [2.45, 2.75) is 32.2 Å². The standard InChI is InChI=1S/C16H18N4O2S/c1-10(21)12-4-2-3-5-13(12)15(22)17-8-9-20-14(11-6-7-11)18-19-16(20)23/h2-5,11H,6-9H2,1H3,(H,17,22)(H,19,23). The van der Waals surface area contributed by atoms with Crippen LogP contribution in [-0.4, -0.2) is 33.0 Å². The van der Waals surface area contributed by atoms with Gasteiger partial charge in [-0.3, -0.25) is 14.7 Å². The van der Waals surface area contributed by atoms with E-state index in [9.17, 15) is 9.59 Å². The largest absolute Gasteiger partial charge is 0.350 e. The molecule has 6 nitrogen and oxygen atoms in total. The monoisotopic (exact) mass is 330 g/mol. The third-order valence-corrected chi connectivity index (χ3v) is 4.21. The fourth-order valence-electron chi connectivity index (χ4n) is 2.56. The Kier molecular flexibility index (Phi) is 4.38. The van der Waals surface area contributed by atoms with E-state index < -0.39 is 0 Å². The normalized spacial score (nSPS) is 13.8. The minimum absolute atomic E-state index is 0.121. The van der Waals surface area contributed by atoms with Crippen LogP contribution in [0, 0.1) is 4.77 Å². The van der Waals surface area contributed by atoms with Gasteiger partial charge in [0, 0.05) is 24.6 Å². The van der Waals surface area contributed by atoms with Crippen LogP contribution in [0.15, 0.2) is 24.3 Å². The molecule has 1 fully saturated rings. The van der Waals surface area contributed by atoms with E-state index in [4.69, 9.17) is 12.2 Å². The molecule has 1 aromatic carbocycles. The Labute approximate surface area is 138 Å². The minimum atomic E-state index is -0.251. The van der Waals surface area contributed by atoms with Gasteiger partial charge in [0.1, 0.15) is 5.82 Å². The molecule has 1 heterocycles. The summed E-state index contributed by atoms with van der Waals surface area (Å²) in [6, 6.07) is 6.82. The summed E-state index contributed by atoms with van der Waals surface area (Å²) in [6.07, 6.45) is 2.27. The molecule has 1 aliphatic rings. The number of rotatable bonds is 6. The number of carbonyl (C=O) groups excluding carboxylic acids is 2. The molecule has 3 rings (SSSR count). The van der Waals surface area contributed by atoms with Crippen molar-refractivity contribution in [1.82, 2.24) is 20.1 Å². The molecule has 0 saturated heterocycles. The quantitative estimate of drug-likeness (QED) is 0.630. The predicted octanol–water partition coefficient (Wildman–Crippen LogP) is 2.45. The Morgan fingerprint density at radius 1 is 1.35 bits per heavy atom. The van der Waals surface area contributed by atoms with E-state index in [1.807, 2.05) is 4.57 Å². The van der Waals surface area contributed by atoms with Crippen LogP contribution in [-0.2, 0) is 6.54 Å². The second-order valence-electron chi connectivity index (χ2n) is 5.67. The lowest BCUT2D eigenvalue weighted by molar-refractivity contribution is 0.0937. The first kappa shape index (κ1) is 15.6. The highest BCUT2D eigenvalue weighted by molar-refractivity contribution is 7.71. The van der Waals surface area contributed by atoms with Gasteiger partial charge in [-0.1, -0.05) is 18.2 Å². The molecule has 0 atom stereocenters. The van der Waals surface area contributed by atoms with Gasteiger partial charge in [0.2, 0.25) is 0 Å². The number of benzene rings is 1. The first-order valence-corrected chi connectivity index (χ1v) is 8.02. The second kappa shape index (κ2) is 6.45. The third kappa shape index (κ3) is 3.39. The molecule has 0 unspecified atom stereocenters. The number of nitrogens with one attached hydrogen (secondary N) is 2. The molecule has 0 radical (unpaired) electrons. The van der Waals surface area contributed by atoms with Crippen molar-refractivity contribution in [3.63, 3.8) is 0 Å². The van der Waals surface area contributed by atoms with Crippen molar-refractivity contribution in [3.8, 4) is 0 Å². The summed E-state index contributed by atoms with van der Waals surface area (Å²) >= 11 is 5.23. The Morgan fingerprint density at radius 2 is 2.04 bits per heavy atom. The molecule has 1 saturated carbocycles. The Balaban J connectivity index is 1.65. The Hall–Kier alpha value is -2.28. The first-order valence-electron chi connectivity index (χ1n) is 7.61. The smallest absolute Gasteiger partial charge is 0.252 e. The number of nitrogens with zero attached hydrogens (tertiary/aromatic N) is 2. The van der Waals surface area contributed by atoms with Gasteiger partial charge >= 0.3 is 0 Å². The van der Waals surface area contributed by atoms with Gasteiger partial charge in [-0.2, -0.15) is 5.10 Å². The van der Waals surface area contributed by atoms with Gasteiger partial charge in [0.15, 0.2) is 10.6 Å². The highest BCUT2D eigenvalue weighted by Gasteiger charge is 2.28. The van der Waals surface area contributed by atoms with Gasteiger partial charge in [-0.25, -0.2) is 0 Å². The topological polar surface area (TPSA) is 79.8 Å². The summed E-state index contributed by atoms with van der Waals surface area (Å²) < 4.78 is 2.51. The van der Waals surface area contributed by atoms with Crippen LogP contribution in [0.5, 0.6) is 0 Å². The van der Waals surface area contributed by atoms with E-state index >= 15 is 0 Å². The predicted molar refractivity (Wildman–Crippen MR) is 88.2 cm³/mol. The van der Waals surface area contributed by atoms with E-state index in [0.29, 0.717) is 34.9 Å². The molecule has 1 amide bonds. The van der Waals surface area contributed by atoms with Crippen LogP contribution in [0.1, 0.15) is 52.2 Å². The average Bonchev–Trinajstić information content (AvgIpc) is 3.32. The van der Waals surface area contributed by atoms with Gasteiger partial charge < -0.3 is 9.88 Å². The van der Waals surface area contributed by atoms with E-state index in [-0.39, 0.29) is 11.7 Å². The zero-order valence-corrected chi connectivity index (χ0v) is 13.7. The first-order chi connectivity index (χ1) is 11.1. The van der Waals surface area contributed by atoms with Crippen LogP contribution in [0.3, 0.4) is 0 Å². The number of Topliss-reactive ketones (excluding diaryl/α,β-unsaturated/α-hetero) is 1. The summed E-state index contributed by atoms with van der Waals surface area (Å²) in [5.74, 6) is 1.08. The van der Waals surface area contributed by atoms with Crippen LogP contribution in [0.2, 0.25) is 0 Å². The number of hydrogen-bond acceptors (Lipinski definition) is 4. The zero-order chi connectivity index (χ0) is 16.4.